The van der Waals surface area contributed by atoms with Crippen molar-refractivity contribution in [2.75, 3.05) is 36.5 Å². The van der Waals surface area contributed by atoms with E-state index in [1.54, 1.807) is 30.3 Å². The van der Waals surface area contributed by atoms with Gasteiger partial charge in [0.15, 0.2) is 5.82 Å². The van der Waals surface area contributed by atoms with Gasteiger partial charge in [-0.3, -0.25) is 4.57 Å². The predicted octanol–water partition coefficient (Wildman–Crippen LogP) is 5.86. The number of nitrogens with one attached hydrogen (secondary N) is 2. The van der Waals surface area contributed by atoms with E-state index in [0.717, 1.165) is 25.7 Å². The van der Waals surface area contributed by atoms with Crippen LogP contribution < -0.4 is 15.5 Å². The second-order valence-electron chi connectivity index (χ2n) is 12.8. The quantitative estimate of drug-likeness (QED) is 0.355. The number of hydrogen-bond donors (Lipinski definition) is 2. The van der Waals surface area contributed by atoms with Crippen LogP contribution in [0.5, 0.6) is 0 Å². The van der Waals surface area contributed by atoms with Gasteiger partial charge in [-0.25, -0.2) is 18.6 Å². The highest BCUT2D eigenvalue weighted by atomic mass is 19.3. The molecule has 2 aromatic heterocycles. The van der Waals surface area contributed by atoms with Crippen molar-refractivity contribution in [3.05, 3.63) is 36.2 Å². The minimum Gasteiger partial charge on any atom is -0.444 e. The SMILES string of the molecule is CC(C)(C)OC(=O)N[C@H]1CC[C@H](CNc2nc(N3CCOCC3(C)C)cc(-n3c(C(F)F)nc4ccccc43)n2)CC1. The number of ether oxygens (including phenoxy) is 2. The average Bonchev–Trinajstić information content (AvgIpc) is 3.31. The van der Waals surface area contributed by atoms with Crippen LogP contribution in [0, 0.1) is 5.92 Å². The van der Waals surface area contributed by atoms with Gasteiger partial charge in [0.1, 0.15) is 17.2 Å². The maximum atomic E-state index is 14.2. The lowest BCUT2D eigenvalue weighted by molar-refractivity contribution is 0.0488. The van der Waals surface area contributed by atoms with Crippen LogP contribution in [0.4, 0.5) is 25.3 Å². The highest BCUT2D eigenvalue weighted by Crippen LogP contribution is 2.32. The number of amides is 1. The fraction of sp³-hybridized carbons (Fsp3) is 0.600. The van der Waals surface area contributed by atoms with Gasteiger partial charge in [-0.2, -0.15) is 9.97 Å². The molecule has 0 spiro atoms. The number of carbonyl (C=O) groups is 1. The summed E-state index contributed by atoms with van der Waals surface area (Å²) in [6.07, 6.45) is 0.354. The maximum absolute atomic E-state index is 14.2. The van der Waals surface area contributed by atoms with E-state index in [2.05, 4.69) is 34.4 Å². The van der Waals surface area contributed by atoms with Crippen LogP contribution in [-0.2, 0) is 9.47 Å². The molecule has 3 aromatic rings. The van der Waals surface area contributed by atoms with Crippen molar-refractivity contribution in [2.45, 2.75) is 83.9 Å². The third-order valence-electron chi connectivity index (χ3n) is 7.75. The average molecular weight is 586 g/mol. The van der Waals surface area contributed by atoms with Crippen LogP contribution in [0.15, 0.2) is 30.3 Å². The molecular weight excluding hydrogens is 544 g/mol. The molecule has 42 heavy (non-hydrogen) atoms. The fourth-order valence-corrected chi connectivity index (χ4v) is 5.69. The molecule has 228 valence electrons. The largest absolute Gasteiger partial charge is 0.444 e. The molecule has 10 nitrogen and oxygen atoms in total. The summed E-state index contributed by atoms with van der Waals surface area (Å²) < 4.78 is 41.0. The van der Waals surface area contributed by atoms with Crippen molar-refractivity contribution in [3.63, 3.8) is 0 Å². The molecule has 3 heterocycles. The number of carbonyl (C=O) groups excluding carboxylic acids is 1. The second-order valence-corrected chi connectivity index (χ2v) is 12.8. The summed E-state index contributed by atoms with van der Waals surface area (Å²) in [4.78, 5) is 28.1. The molecule has 2 N–H and O–H groups in total. The zero-order valence-corrected chi connectivity index (χ0v) is 25.0. The highest BCUT2D eigenvalue weighted by molar-refractivity contribution is 5.78. The molecule has 1 saturated heterocycles. The molecular formula is C30H41F2N7O3. The lowest BCUT2D eigenvalue weighted by Crippen LogP contribution is -2.53. The molecule has 12 heteroatoms. The molecule has 5 rings (SSSR count). The number of hydrogen-bond acceptors (Lipinski definition) is 8. The van der Waals surface area contributed by atoms with E-state index in [9.17, 15) is 13.6 Å². The van der Waals surface area contributed by atoms with Gasteiger partial charge >= 0.3 is 6.09 Å². The van der Waals surface area contributed by atoms with Gasteiger partial charge in [0.25, 0.3) is 6.43 Å². The summed E-state index contributed by atoms with van der Waals surface area (Å²) in [7, 11) is 0. The smallest absolute Gasteiger partial charge is 0.407 e. The Morgan fingerprint density at radius 2 is 1.83 bits per heavy atom. The standard InChI is InChI=1S/C30H41F2N7O3/c1-29(2,3)42-28(40)34-20-12-10-19(11-13-20)17-33-27-36-23(38-14-15-41-18-30(38,4)5)16-24(37-27)39-22-9-7-6-8-21(22)35-26(39)25(31)32/h6-9,16,19-20,25H,10-15,17-18H2,1-5H3,(H,34,40)(H,33,36,37)/t19-,20-. The van der Waals surface area contributed by atoms with Crippen LogP contribution >= 0.6 is 0 Å². The number of aromatic nitrogens is 4. The van der Waals surface area contributed by atoms with Crippen molar-refractivity contribution in [2.24, 2.45) is 5.92 Å². The summed E-state index contributed by atoms with van der Waals surface area (Å²) in [5.74, 6) is 1.33. The number of alkyl carbamates (subject to hydrolysis) is 1. The van der Waals surface area contributed by atoms with Crippen molar-refractivity contribution >= 4 is 28.9 Å². The van der Waals surface area contributed by atoms with E-state index < -0.39 is 12.0 Å². The van der Waals surface area contributed by atoms with Crippen molar-refractivity contribution in [3.8, 4) is 5.82 Å². The number of para-hydroxylation sites is 2. The lowest BCUT2D eigenvalue weighted by Gasteiger charge is -2.43. The third-order valence-corrected chi connectivity index (χ3v) is 7.75. The lowest BCUT2D eigenvalue weighted by atomic mass is 9.86. The molecule has 1 aliphatic carbocycles. The number of rotatable bonds is 7. The Morgan fingerprint density at radius 1 is 1.12 bits per heavy atom. The second kappa shape index (κ2) is 12.0. The van der Waals surface area contributed by atoms with Gasteiger partial charge in [-0.1, -0.05) is 12.1 Å². The van der Waals surface area contributed by atoms with E-state index in [0.29, 0.717) is 60.8 Å². The summed E-state index contributed by atoms with van der Waals surface area (Å²) in [6.45, 7) is 12.0. The van der Waals surface area contributed by atoms with Crippen LogP contribution in [0.1, 0.15) is 72.6 Å². The number of alkyl halides is 2. The Morgan fingerprint density at radius 3 is 2.52 bits per heavy atom. The van der Waals surface area contributed by atoms with Gasteiger partial charge in [0.05, 0.1) is 29.8 Å². The summed E-state index contributed by atoms with van der Waals surface area (Å²) >= 11 is 0. The molecule has 0 atom stereocenters. The van der Waals surface area contributed by atoms with E-state index in [4.69, 9.17) is 19.4 Å². The number of morpholine rings is 1. The molecule has 1 aromatic carbocycles. The van der Waals surface area contributed by atoms with Crippen molar-refractivity contribution < 1.29 is 23.0 Å². The Labute approximate surface area is 245 Å². The van der Waals surface area contributed by atoms with Gasteiger partial charge < -0.3 is 25.0 Å². The number of halogens is 2. The minimum atomic E-state index is -2.78. The monoisotopic (exact) mass is 585 g/mol. The molecule has 2 fully saturated rings. The Hall–Kier alpha value is -3.54. The van der Waals surface area contributed by atoms with Crippen LogP contribution in [-0.4, -0.2) is 69.1 Å². The number of fused-ring (bicyclic) bond motifs is 1. The van der Waals surface area contributed by atoms with E-state index in [1.165, 1.54) is 4.57 Å². The fourth-order valence-electron chi connectivity index (χ4n) is 5.69. The number of imidazole rings is 1. The predicted molar refractivity (Wildman–Crippen MR) is 157 cm³/mol. The molecule has 1 saturated carbocycles. The minimum absolute atomic E-state index is 0.0770. The van der Waals surface area contributed by atoms with Gasteiger partial charge in [-0.15, -0.1) is 0 Å². The van der Waals surface area contributed by atoms with Crippen molar-refractivity contribution in [1.29, 1.82) is 0 Å². The third kappa shape index (κ3) is 6.91. The summed E-state index contributed by atoms with van der Waals surface area (Å²) in [5.41, 5.74) is 0.156. The maximum Gasteiger partial charge on any atom is 0.407 e. The van der Waals surface area contributed by atoms with Crippen LogP contribution in [0.25, 0.3) is 16.9 Å². The Kier molecular flexibility index (Phi) is 8.54. The topological polar surface area (TPSA) is 106 Å². The Bertz CT molecular complexity index is 1400. The molecule has 0 unspecified atom stereocenters. The van der Waals surface area contributed by atoms with E-state index >= 15 is 0 Å². The molecule has 1 aliphatic heterocycles. The first-order valence-corrected chi connectivity index (χ1v) is 14.6. The normalized spacial score (nSPS) is 21.0. The van der Waals surface area contributed by atoms with Crippen LogP contribution in [0.3, 0.4) is 0 Å². The van der Waals surface area contributed by atoms with Gasteiger partial charge in [0.2, 0.25) is 5.95 Å². The highest BCUT2D eigenvalue weighted by Gasteiger charge is 2.33. The number of benzene rings is 1. The molecule has 0 bridgehead atoms. The Balaban J connectivity index is 1.37. The molecule has 1 amide bonds. The molecule has 0 radical (unpaired) electrons. The zero-order valence-electron chi connectivity index (χ0n) is 25.0. The summed E-state index contributed by atoms with van der Waals surface area (Å²) in [6, 6.07) is 8.90. The molecule has 2 aliphatic rings. The first-order chi connectivity index (χ1) is 19.9. The zero-order chi connectivity index (χ0) is 30.1. The van der Waals surface area contributed by atoms with Crippen molar-refractivity contribution in [1.82, 2.24) is 24.8 Å². The summed E-state index contributed by atoms with van der Waals surface area (Å²) in [5, 5.41) is 6.37. The van der Waals surface area contributed by atoms with Crippen LogP contribution in [0.2, 0.25) is 0 Å². The van der Waals surface area contributed by atoms with E-state index in [1.807, 2.05) is 20.8 Å². The number of nitrogens with zero attached hydrogens (tertiary/aromatic N) is 5. The number of anilines is 2. The van der Waals surface area contributed by atoms with Gasteiger partial charge in [0, 0.05) is 25.2 Å². The first-order valence-electron chi connectivity index (χ1n) is 14.6. The first kappa shape index (κ1) is 29.9. The van der Waals surface area contributed by atoms with E-state index in [-0.39, 0.29) is 23.5 Å². The van der Waals surface area contributed by atoms with Gasteiger partial charge in [-0.05, 0) is 78.4 Å².